The Hall–Kier alpha value is -1.93. The van der Waals surface area contributed by atoms with E-state index in [1.807, 2.05) is 6.07 Å². The number of carbonyl (C=O) groups is 1. The van der Waals surface area contributed by atoms with Crippen molar-refractivity contribution in [2.24, 2.45) is 0 Å². The lowest BCUT2D eigenvalue weighted by molar-refractivity contribution is 0.0774. The monoisotopic (exact) mass is 303 g/mol. The van der Waals surface area contributed by atoms with Gasteiger partial charge >= 0.3 is 0 Å². The SMILES string of the molecule is CN(CCN(C)C1CCCC1)C(=O)c1cc(F)cc(C#N)c1. The standard InChI is InChI=1S/C17H22FN3O/c1-20(16-5-3-4-6-16)7-8-21(2)17(22)14-9-13(12-19)10-15(18)11-14/h9-11,16H,3-8H2,1-2H3. The van der Waals surface area contributed by atoms with E-state index >= 15 is 0 Å². The van der Waals surface area contributed by atoms with Gasteiger partial charge in [0.1, 0.15) is 5.82 Å². The van der Waals surface area contributed by atoms with Crippen LogP contribution in [0.3, 0.4) is 0 Å². The molecule has 22 heavy (non-hydrogen) atoms. The maximum absolute atomic E-state index is 13.4. The average Bonchev–Trinajstić information content (AvgIpc) is 3.05. The third kappa shape index (κ3) is 4.05. The third-order valence-corrected chi connectivity index (χ3v) is 4.36. The van der Waals surface area contributed by atoms with Crippen LogP contribution in [0.1, 0.15) is 41.6 Å². The van der Waals surface area contributed by atoms with E-state index in [2.05, 4.69) is 11.9 Å². The van der Waals surface area contributed by atoms with Gasteiger partial charge in [-0.05, 0) is 38.1 Å². The van der Waals surface area contributed by atoms with Crippen LogP contribution in [0.25, 0.3) is 0 Å². The number of likely N-dealkylation sites (N-methyl/N-ethyl adjacent to an activating group) is 2. The number of carbonyl (C=O) groups excluding carboxylic acids is 1. The first kappa shape index (κ1) is 16.4. The molecule has 0 radical (unpaired) electrons. The summed E-state index contributed by atoms with van der Waals surface area (Å²) in [5.74, 6) is -0.810. The van der Waals surface area contributed by atoms with E-state index in [-0.39, 0.29) is 17.0 Å². The van der Waals surface area contributed by atoms with E-state index in [0.29, 0.717) is 12.6 Å². The molecule has 5 heteroatoms. The van der Waals surface area contributed by atoms with Gasteiger partial charge in [-0.3, -0.25) is 4.79 Å². The summed E-state index contributed by atoms with van der Waals surface area (Å²) >= 11 is 0. The molecule has 118 valence electrons. The fourth-order valence-electron chi connectivity index (χ4n) is 2.93. The first-order chi connectivity index (χ1) is 10.5. The number of hydrogen-bond donors (Lipinski definition) is 0. The molecule has 0 heterocycles. The summed E-state index contributed by atoms with van der Waals surface area (Å²) in [4.78, 5) is 16.2. The number of hydrogen-bond acceptors (Lipinski definition) is 3. The van der Waals surface area contributed by atoms with Crippen molar-refractivity contribution in [1.82, 2.24) is 9.80 Å². The van der Waals surface area contributed by atoms with Crippen molar-refractivity contribution < 1.29 is 9.18 Å². The van der Waals surface area contributed by atoms with Crippen LogP contribution in [-0.4, -0.2) is 48.9 Å². The zero-order chi connectivity index (χ0) is 16.1. The van der Waals surface area contributed by atoms with Crippen molar-refractivity contribution in [3.8, 4) is 6.07 Å². The van der Waals surface area contributed by atoms with E-state index in [9.17, 15) is 9.18 Å². The molecular formula is C17H22FN3O. The normalized spacial score (nSPS) is 15.0. The van der Waals surface area contributed by atoms with Gasteiger partial charge in [0.05, 0.1) is 11.6 Å². The lowest BCUT2D eigenvalue weighted by Crippen LogP contribution is -2.38. The quantitative estimate of drug-likeness (QED) is 0.840. The average molecular weight is 303 g/mol. The number of benzene rings is 1. The highest BCUT2D eigenvalue weighted by Crippen LogP contribution is 2.22. The van der Waals surface area contributed by atoms with Crippen LogP contribution < -0.4 is 0 Å². The first-order valence-electron chi connectivity index (χ1n) is 7.67. The number of rotatable bonds is 5. The van der Waals surface area contributed by atoms with Crippen molar-refractivity contribution in [3.63, 3.8) is 0 Å². The molecule has 0 bridgehead atoms. The summed E-state index contributed by atoms with van der Waals surface area (Å²) in [6.07, 6.45) is 5.02. The Morgan fingerprint density at radius 1 is 1.27 bits per heavy atom. The minimum atomic E-state index is -0.557. The number of nitriles is 1. The molecule has 2 rings (SSSR count). The molecule has 1 aliphatic carbocycles. The van der Waals surface area contributed by atoms with Gasteiger partial charge in [-0.15, -0.1) is 0 Å². The van der Waals surface area contributed by atoms with Crippen molar-refractivity contribution in [1.29, 1.82) is 5.26 Å². The predicted octanol–water partition coefficient (Wildman–Crippen LogP) is 2.64. The van der Waals surface area contributed by atoms with Gasteiger partial charge in [-0.25, -0.2) is 4.39 Å². The highest BCUT2D eigenvalue weighted by molar-refractivity contribution is 5.94. The van der Waals surface area contributed by atoms with E-state index in [1.54, 1.807) is 11.9 Å². The minimum Gasteiger partial charge on any atom is -0.340 e. The van der Waals surface area contributed by atoms with Crippen molar-refractivity contribution in [2.45, 2.75) is 31.7 Å². The Kier molecular flexibility index (Phi) is 5.51. The Morgan fingerprint density at radius 2 is 1.95 bits per heavy atom. The number of amides is 1. The van der Waals surface area contributed by atoms with E-state index in [0.717, 1.165) is 12.6 Å². The fourth-order valence-corrected chi connectivity index (χ4v) is 2.93. The van der Waals surface area contributed by atoms with Crippen LogP contribution >= 0.6 is 0 Å². The molecule has 1 aromatic rings. The summed E-state index contributed by atoms with van der Waals surface area (Å²) in [6, 6.07) is 6.23. The summed E-state index contributed by atoms with van der Waals surface area (Å²) < 4.78 is 13.4. The van der Waals surface area contributed by atoms with Gasteiger partial charge in [-0.1, -0.05) is 12.8 Å². The molecule has 0 saturated heterocycles. The smallest absolute Gasteiger partial charge is 0.253 e. The van der Waals surface area contributed by atoms with Crippen molar-refractivity contribution >= 4 is 5.91 Å². The maximum atomic E-state index is 13.4. The van der Waals surface area contributed by atoms with Gasteiger partial charge < -0.3 is 9.80 Å². The van der Waals surface area contributed by atoms with Gasteiger partial charge in [-0.2, -0.15) is 5.26 Å². The molecule has 0 N–H and O–H groups in total. The van der Waals surface area contributed by atoms with Crippen LogP contribution in [0, 0.1) is 17.1 Å². The fraction of sp³-hybridized carbons (Fsp3) is 0.529. The van der Waals surface area contributed by atoms with Crippen LogP contribution in [0.4, 0.5) is 4.39 Å². The molecule has 0 aliphatic heterocycles. The molecule has 0 unspecified atom stereocenters. The second kappa shape index (κ2) is 7.37. The van der Waals surface area contributed by atoms with Crippen LogP contribution in [0.2, 0.25) is 0 Å². The van der Waals surface area contributed by atoms with E-state index < -0.39 is 5.82 Å². The largest absolute Gasteiger partial charge is 0.340 e. The highest BCUT2D eigenvalue weighted by Gasteiger charge is 2.20. The molecule has 0 atom stereocenters. The molecule has 1 amide bonds. The molecule has 1 aromatic carbocycles. The second-order valence-corrected chi connectivity index (χ2v) is 5.99. The molecule has 0 spiro atoms. The number of nitrogens with zero attached hydrogens (tertiary/aromatic N) is 3. The molecule has 1 fully saturated rings. The zero-order valence-corrected chi connectivity index (χ0v) is 13.2. The van der Waals surface area contributed by atoms with Crippen molar-refractivity contribution in [3.05, 3.63) is 35.1 Å². The summed E-state index contributed by atoms with van der Waals surface area (Å²) in [5, 5.41) is 8.86. The molecule has 0 aromatic heterocycles. The Balaban J connectivity index is 1.94. The summed E-state index contributed by atoms with van der Waals surface area (Å²) in [7, 11) is 3.80. The minimum absolute atomic E-state index is 0.167. The highest BCUT2D eigenvalue weighted by atomic mass is 19.1. The molecule has 1 saturated carbocycles. The zero-order valence-electron chi connectivity index (χ0n) is 13.2. The Morgan fingerprint density at radius 3 is 2.59 bits per heavy atom. The number of halogens is 1. The Labute approximate surface area is 131 Å². The molecular weight excluding hydrogens is 281 g/mol. The third-order valence-electron chi connectivity index (χ3n) is 4.36. The summed E-state index contributed by atoms with van der Waals surface area (Å²) in [6.45, 7) is 1.39. The van der Waals surface area contributed by atoms with Gasteiger partial charge in [0.25, 0.3) is 5.91 Å². The first-order valence-corrected chi connectivity index (χ1v) is 7.67. The van der Waals surface area contributed by atoms with E-state index in [1.165, 1.54) is 37.8 Å². The van der Waals surface area contributed by atoms with Gasteiger partial charge in [0.2, 0.25) is 0 Å². The van der Waals surface area contributed by atoms with Crippen LogP contribution in [0.5, 0.6) is 0 Å². The van der Waals surface area contributed by atoms with Crippen LogP contribution in [0.15, 0.2) is 18.2 Å². The second-order valence-electron chi connectivity index (χ2n) is 5.99. The van der Waals surface area contributed by atoms with Crippen molar-refractivity contribution in [2.75, 3.05) is 27.2 Å². The lowest BCUT2D eigenvalue weighted by Gasteiger charge is -2.26. The van der Waals surface area contributed by atoms with Gasteiger partial charge in [0.15, 0.2) is 0 Å². The molecule has 1 aliphatic rings. The van der Waals surface area contributed by atoms with Crippen LogP contribution in [-0.2, 0) is 0 Å². The van der Waals surface area contributed by atoms with E-state index in [4.69, 9.17) is 5.26 Å². The lowest BCUT2D eigenvalue weighted by atomic mass is 10.1. The predicted molar refractivity (Wildman–Crippen MR) is 83.0 cm³/mol. The van der Waals surface area contributed by atoms with Gasteiger partial charge in [0, 0.05) is 31.7 Å². The maximum Gasteiger partial charge on any atom is 0.253 e. The molecule has 4 nitrogen and oxygen atoms in total. The summed E-state index contributed by atoms with van der Waals surface area (Å²) in [5.41, 5.74) is 0.391. The Bertz CT molecular complexity index is 576. The topological polar surface area (TPSA) is 47.3 Å².